The van der Waals surface area contributed by atoms with Crippen LogP contribution in [0, 0.1) is 15.7 Å². The lowest BCUT2D eigenvalue weighted by atomic mass is 10.0. The number of rotatable bonds is 4. The minimum atomic E-state index is -0.292. The summed E-state index contributed by atoms with van der Waals surface area (Å²) in [5.41, 5.74) is 0.421. The van der Waals surface area contributed by atoms with Gasteiger partial charge in [0.25, 0.3) is 0 Å². The first-order valence-electron chi connectivity index (χ1n) is 7.43. The Morgan fingerprint density at radius 3 is 3.05 bits per heavy atom. The molecule has 1 aromatic carbocycles. The van der Waals surface area contributed by atoms with Gasteiger partial charge in [0, 0.05) is 6.54 Å². The summed E-state index contributed by atoms with van der Waals surface area (Å²) in [5, 5.41) is 8.11. The van der Waals surface area contributed by atoms with Gasteiger partial charge in [-0.15, -0.1) is 5.10 Å². The highest BCUT2D eigenvalue weighted by molar-refractivity contribution is 7.73. The van der Waals surface area contributed by atoms with Crippen LogP contribution in [-0.4, -0.2) is 27.8 Å². The molecule has 2 heterocycles. The van der Waals surface area contributed by atoms with Crippen molar-refractivity contribution in [1.29, 1.82) is 0 Å². The number of nitrogens with one attached hydrogen (secondary N) is 1. The van der Waals surface area contributed by atoms with E-state index < -0.39 is 0 Å². The van der Waals surface area contributed by atoms with Crippen LogP contribution in [0.3, 0.4) is 0 Å². The van der Waals surface area contributed by atoms with Crippen LogP contribution >= 0.6 is 23.6 Å². The quantitative estimate of drug-likeness (QED) is 0.845. The molecule has 0 spiro atoms. The first kappa shape index (κ1) is 15.6. The molecule has 0 saturated carbocycles. The summed E-state index contributed by atoms with van der Waals surface area (Å²) in [6.45, 7) is 5.14. The van der Waals surface area contributed by atoms with Crippen LogP contribution in [0.15, 0.2) is 24.3 Å². The van der Waals surface area contributed by atoms with E-state index in [9.17, 15) is 4.39 Å². The van der Waals surface area contributed by atoms with Crippen LogP contribution < -0.4 is 5.32 Å². The fourth-order valence-electron chi connectivity index (χ4n) is 2.73. The number of anilines is 2. The summed E-state index contributed by atoms with van der Waals surface area (Å²) < 4.78 is 16.2. The second-order valence-electron chi connectivity index (χ2n) is 5.74. The summed E-state index contributed by atoms with van der Waals surface area (Å²) in [7, 11) is 0. The summed E-state index contributed by atoms with van der Waals surface area (Å²) in [6, 6.07) is 6.57. The van der Waals surface area contributed by atoms with E-state index in [2.05, 4.69) is 22.2 Å². The van der Waals surface area contributed by atoms with Crippen molar-refractivity contribution in [1.82, 2.24) is 14.7 Å². The summed E-state index contributed by atoms with van der Waals surface area (Å²) in [5.74, 6) is 0.428. The molecule has 1 atom stereocenters. The molecule has 1 N–H and O–H groups in total. The lowest BCUT2D eigenvalue weighted by Crippen LogP contribution is -2.36. The Labute approximate surface area is 138 Å². The maximum absolute atomic E-state index is 13.7. The Balaban J connectivity index is 1.71. The van der Waals surface area contributed by atoms with E-state index >= 15 is 0 Å². The molecule has 7 heteroatoms. The average Bonchev–Trinajstić information content (AvgIpc) is 2.81. The molecule has 118 valence electrons. The molecule has 1 unspecified atom stereocenters. The van der Waals surface area contributed by atoms with Gasteiger partial charge in [0.2, 0.25) is 5.13 Å². The van der Waals surface area contributed by atoms with Crippen molar-refractivity contribution in [2.45, 2.75) is 26.4 Å². The van der Waals surface area contributed by atoms with Crippen LogP contribution in [0.1, 0.15) is 19.8 Å². The number of benzene rings is 1. The highest BCUT2D eigenvalue weighted by Crippen LogP contribution is 2.23. The maximum Gasteiger partial charge on any atom is 0.209 e. The fraction of sp³-hybridized carbons (Fsp3) is 0.467. The number of aromatic nitrogens is 2. The Morgan fingerprint density at radius 2 is 2.27 bits per heavy atom. The number of halogens is 1. The number of piperidine rings is 1. The van der Waals surface area contributed by atoms with Crippen molar-refractivity contribution in [3.8, 4) is 0 Å². The first-order valence-corrected chi connectivity index (χ1v) is 8.66. The van der Waals surface area contributed by atoms with Crippen LogP contribution in [0.4, 0.5) is 15.2 Å². The van der Waals surface area contributed by atoms with Crippen LogP contribution in [-0.2, 0) is 6.67 Å². The topological polar surface area (TPSA) is 33.1 Å². The average molecular weight is 338 g/mol. The van der Waals surface area contributed by atoms with Crippen LogP contribution in [0.5, 0.6) is 0 Å². The van der Waals surface area contributed by atoms with Crippen molar-refractivity contribution < 1.29 is 4.39 Å². The van der Waals surface area contributed by atoms with Crippen molar-refractivity contribution in [3.05, 3.63) is 34.0 Å². The minimum Gasteiger partial charge on any atom is -0.328 e. The van der Waals surface area contributed by atoms with Gasteiger partial charge in [-0.25, -0.2) is 9.07 Å². The van der Waals surface area contributed by atoms with E-state index in [1.807, 2.05) is 4.68 Å². The van der Waals surface area contributed by atoms with Gasteiger partial charge in [-0.3, -0.25) is 4.90 Å². The Bertz CT molecular complexity index is 697. The molecular weight excluding hydrogens is 319 g/mol. The zero-order chi connectivity index (χ0) is 15.5. The van der Waals surface area contributed by atoms with Gasteiger partial charge in [0.15, 0.2) is 3.95 Å². The fourth-order valence-corrected chi connectivity index (χ4v) is 3.73. The third-order valence-electron chi connectivity index (χ3n) is 3.80. The predicted molar refractivity (Wildman–Crippen MR) is 90.6 cm³/mol. The molecule has 0 bridgehead atoms. The van der Waals surface area contributed by atoms with Crippen molar-refractivity contribution in [3.63, 3.8) is 0 Å². The maximum atomic E-state index is 13.7. The smallest absolute Gasteiger partial charge is 0.209 e. The van der Waals surface area contributed by atoms with Gasteiger partial charge in [-0.05, 0) is 49.7 Å². The molecule has 1 aromatic heterocycles. The second-order valence-corrected chi connectivity index (χ2v) is 7.37. The molecular formula is C15H19FN4S2. The van der Waals surface area contributed by atoms with Crippen molar-refractivity contribution in [2.75, 3.05) is 18.4 Å². The first-order chi connectivity index (χ1) is 10.6. The second kappa shape index (κ2) is 6.85. The third kappa shape index (κ3) is 3.71. The summed E-state index contributed by atoms with van der Waals surface area (Å²) in [4.78, 5) is 2.37. The van der Waals surface area contributed by atoms with E-state index in [0.717, 1.165) is 19.0 Å². The van der Waals surface area contributed by atoms with Gasteiger partial charge < -0.3 is 5.32 Å². The van der Waals surface area contributed by atoms with E-state index in [4.69, 9.17) is 12.2 Å². The number of nitrogens with zero attached hydrogens (tertiary/aromatic N) is 3. The van der Waals surface area contributed by atoms with Gasteiger partial charge in [-0.1, -0.05) is 30.4 Å². The molecule has 0 radical (unpaired) electrons. The number of para-hydroxylation sites is 1. The van der Waals surface area contributed by atoms with Crippen LogP contribution in [0.25, 0.3) is 0 Å². The van der Waals surface area contributed by atoms with Gasteiger partial charge in [0.05, 0.1) is 12.4 Å². The lowest BCUT2D eigenvalue weighted by molar-refractivity contribution is 0.138. The Kier molecular flexibility index (Phi) is 4.85. The Hall–Kier alpha value is -1.31. The summed E-state index contributed by atoms with van der Waals surface area (Å²) in [6.07, 6.45) is 2.51. The molecule has 4 nitrogen and oxygen atoms in total. The highest BCUT2D eigenvalue weighted by atomic mass is 32.1. The van der Waals surface area contributed by atoms with E-state index in [1.165, 1.54) is 30.2 Å². The molecule has 1 fully saturated rings. The molecule has 0 amide bonds. The molecule has 2 aromatic rings. The molecule has 22 heavy (non-hydrogen) atoms. The SMILES string of the molecule is CC1CCCN(Cn2nc(Nc3ccccc3F)sc2=S)C1. The molecule has 3 rings (SSSR count). The van der Waals surface area contributed by atoms with Crippen LogP contribution in [0.2, 0.25) is 0 Å². The highest BCUT2D eigenvalue weighted by Gasteiger charge is 2.17. The van der Waals surface area contributed by atoms with E-state index in [1.54, 1.807) is 18.2 Å². The number of hydrogen-bond donors (Lipinski definition) is 1. The van der Waals surface area contributed by atoms with Gasteiger partial charge >= 0.3 is 0 Å². The third-order valence-corrected chi connectivity index (χ3v) is 5.02. The zero-order valence-electron chi connectivity index (χ0n) is 12.5. The minimum absolute atomic E-state index is 0.292. The largest absolute Gasteiger partial charge is 0.328 e. The standard InChI is InChI=1S/C15H19FN4S2/c1-11-5-4-8-19(9-11)10-20-15(21)22-14(18-20)17-13-7-3-2-6-12(13)16/h2-3,6-7,11H,4-5,8-10H2,1H3,(H,17,18). The zero-order valence-corrected chi connectivity index (χ0v) is 14.1. The molecule has 1 aliphatic rings. The normalized spacial score (nSPS) is 19.3. The number of likely N-dealkylation sites (tertiary alicyclic amines) is 1. The molecule has 1 aliphatic heterocycles. The molecule has 1 saturated heterocycles. The van der Waals surface area contributed by atoms with Crippen molar-refractivity contribution >= 4 is 34.4 Å². The lowest BCUT2D eigenvalue weighted by Gasteiger charge is -2.30. The van der Waals surface area contributed by atoms with E-state index in [-0.39, 0.29) is 5.82 Å². The molecule has 0 aliphatic carbocycles. The Morgan fingerprint density at radius 1 is 1.45 bits per heavy atom. The van der Waals surface area contributed by atoms with Crippen molar-refractivity contribution in [2.24, 2.45) is 5.92 Å². The monoisotopic (exact) mass is 338 g/mol. The van der Waals surface area contributed by atoms with E-state index in [0.29, 0.717) is 21.4 Å². The number of hydrogen-bond acceptors (Lipinski definition) is 5. The van der Waals surface area contributed by atoms with Gasteiger partial charge in [-0.2, -0.15) is 0 Å². The predicted octanol–water partition coefficient (Wildman–Crippen LogP) is 4.25. The summed E-state index contributed by atoms with van der Waals surface area (Å²) >= 11 is 6.75. The van der Waals surface area contributed by atoms with Gasteiger partial charge in [0.1, 0.15) is 5.82 Å².